The van der Waals surface area contributed by atoms with Crippen molar-refractivity contribution in [2.24, 2.45) is 5.73 Å². The molecule has 21 heavy (non-hydrogen) atoms. The molecule has 0 aliphatic carbocycles. The van der Waals surface area contributed by atoms with E-state index in [1.165, 1.54) is 10.7 Å². The van der Waals surface area contributed by atoms with Crippen molar-refractivity contribution in [2.45, 2.75) is 39.3 Å². The third-order valence-corrected chi connectivity index (χ3v) is 3.41. The molecule has 3 heterocycles. The molecule has 0 fully saturated rings. The number of hydrogen-bond donors (Lipinski definition) is 2. The van der Waals surface area contributed by atoms with E-state index in [1.54, 1.807) is 0 Å². The largest absolute Gasteiger partial charge is 0.339 e. The summed E-state index contributed by atoms with van der Waals surface area (Å²) in [5, 5.41) is 8.09. The van der Waals surface area contributed by atoms with Crippen molar-refractivity contribution in [3.63, 3.8) is 0 Å². The van der Waals surface area contributed by atoms with E-state index in [2.05, 4.69) is 27.1 Å². The van der Waals surface area contributed by atoms with E-state index in [1.807, 2.05) is 4.57 Å². The van der Waals surface area contributed by atoms with Crippen LogP contribution in [0.25, 0.3) is 16.9 Å². The number of unbranched alkanes of at least 4 members (excludes halogenated alkanes) is 2. The SMILES string of the molecule is CCCCCn1c2nc[nH]c2c(=O)n2c(CN)nnc12.Cl. The molecule has 0 atom stereocenters. The second-order valence-electron chi connectivity index (χ2n) is 4.72. The zero-order valence-corrected chi connectivity index (χ0v) is 12.6. The lowest BCUT2D eigenvalue weighted by Gasteiger charge is -2.08. The van der Waals surface area contributed by atoms with Gasteiger partial charge >= 0.3 is 0 Å². The molecule has 0 aromatic carbocycles. The van der Waals surface area contributed by atoms with Gasteiger partial charge in [0.1, 0.15) is 5.52 Å². The zero-order chi connectivity index (χ0) is 14.1. The first kappa shape index (κ1) is 15.5. The number of hydrogen-bond acceptors (Lipinski definition) is 5. The van der Waals surface area contributed by atoms with E-state index in [4.69, 9.17) is 5.73 Å². The Morgan fingerprint density at radius 3 is 2.86 bits per heavy atom. The van der Waals surface area contributed by atoms with Gasteiger partial charge < -0.3 is 10.7 Å². The minimum absolute atomic E-state index is 0. The number of imidazole rings is 1. The van der Waals surface area contributed by atoms with Crippen LogP contribution in [0.4, 0.5) is 0 Å². The van der Waals surface area contributed by atoms with Crippen molar-refractivity contribution in [2.75, 3.05) is 0 Å². The summed E-state index contributed by atoms with van der Waals surface area (Å²) in [6.07, 6.45) is 4.77. The molecule has 0 aliphatic heterocycles. The van der Waals surface area contributed by atoms with E-state index >= 15 is 0 Å². The molecule has 3 N–H and O–H groups in total. The van der Waals surface area contributed by atoms with Crippen LogP contribution in [-0.2, 0) is 13.1 Å². The Morgan fingerprint density at radius 2 is 2.14 bits per heavy atom. The first-order chi connectivity index (χ1) is 9.77. The summed E-state index contributed by atoms with van der Waals surface area (Å²) in [7, 11) is 0. The maximum atomic E-state index is 12.4. The molecule has 114 valence electrons. The maximum Gasteiger partial charge on any atom is 0.286 e. The Labute approximate surface area is 126 Å². The molecular weight excluding hydrogens is 294 g/mol. The van der Waals surface area contributed by atoms with Crippen LogP contribution in [0.1, 0.15) is 32.0 Å². The summed E-state index contributed by atoms with van der Waals surface area (Å²) < 4.78 is 3.39. The van der Waals surface area contributed by atoms with Gasteiger partial charge in [0.2, 0.25) is 5.78 Å². The number of rotatable bonds is 5. The van der Waals surface area contributed by atoms with Gasteiger partial charge in [0.15, 0.2) is 11.5 Å². The second-order valence-corrected chi connectivity index (χ2v) is 4.72. The van der Waals surface area contributed by atoms with Crippen molar-refractivity contribution in [3.8, 4) is 0 Å². The Bertz CT molecular complexity index is 803. The van der Waals surface area contributed by atoms with Crippen LogP contribution in [0.2, 0.25) is 0 Å². The van der Waals surface area contributed by atoms with Gasteiger partial charge in [-0.25, -0.2) is 9.38 Å². The van der Waals surface area contributed by atoms with E-state index in [-0.39, 0.29) is 24.5 Å². The molecule has 0 saturated carbocycles. The Kier molecular flexibility index (Phi) is 4.59. The van der Waals surface area contributed by atoms with Crippen molar-refractivity contribution >= 4 is 29.3 Å². The molecule has 9 heteroatoms. The summed E-state index contributed by atoms with van der Waals surface area (Å²) in [5.41, 5.74) is 6.50. The lowest BCUT2D eigenvalue weighted by atomic mass is 10.2. The fourth-order valence-electron chi connectivity index (χ4n) is 2.40. The summed E-state index contributed by atoms with van der Waals surface area (Å²) in [5.74, 6) is 0.969. The third kappa shape index (κ3) is 2.40. The number of nitrogens with two attached hydrogens (primary N) is 1. The molecule has 3 aromatic rings. The van der Waals surface area contributed by atoms with Crippen LogP contribution in [-0.4, -0.2) is 29.1 Å². The number of aryl methyl sites for hydroxylation is 1. The van der Waals surface area contributed by atoms with Crippen LogP contribution < -0.4 is 11.3 Å². The Hall–Kier alpha value is -1.93. The molecule has 3 rings (SSSR count). The number of nitrogens with zero attached hydrogens (tertiary/aromatic N) is 5. The predicted octanol–water partition coefficient (Wildman–Crippen LogP) is 0.838. The van der Waals surface area contributed by atoms with Gasteiger partial charge in [0.05, 0.1) is 12.9 Å². The average molecular weight is 312 g/mol. The Morgan fingerprint density at radius 1 is 1.33 bits per heavy atom. The zero-order valence-electron chi connectivity index (χ0n) is 11.7. The molecule has 0 bridgehead atoms. The lowest BCUT2D eigenvalue weighted by molar-refractivity contribution is 0.612. The molecule has 0 aliphatic rings. The van der Waals surface area contributed by atoms with Crippen LogP contribution >= 0.6 is 12.4 Å². The molecule has 8 nitrogen and oxygen atoms in total. The van der Waals surface area contributed by atoms with E-state index < -0.39 is 0 Å². The van der Waals surface area contributed by atoms with Gasteiger partial charge in [-0.1, -0.05) is 19.8 Å². The second kappa shape index (κ2) is 6.23. The minimum atomic E-state index is -0.204. The van der Waals surface area contributed by atoms with Crippen LogP contribution in [0.15, 0.2) is 11.1 Å². The number of halogens is 1. The monoisotopic (exact) mass is 311 g/mol. The van der Waals surface area contributed by atoms with Gasteiger partial charge in [-0.05, 0) is 6.42 Å². The fourth-order valence-corrected chi connectivity index (χ4v) is 2.40. The van der Waals surface area contributed by atoms with Crippen LogP contribution in [0.5, 0.6) is 0 Å². The minimum Gasteiger partial charge on any atom is -0.339 e. The first-order valence-corrected chi connectivity index (χ1v) is 6.77. The summed E-state index contributed by atoms with van der Waals surface area (Å²) in [6.45, 7) is 3.07. The smallest absolute Gasteiger partial charge is 0.286 e. The molecule has 0 spiro atoms. The lowest BCUT2D eigenvalue weighted by Crippen LogP contribution is -2.22. The molecule has 0 unspecified atom stereocenters. The van der Waals surface area contributed by atoms with Gasteiger partial charge in [-0.2, -0.15) is 0 Å². The maximum absolute atomic E-state index is 12.4. The summed E-state index contributed by atoms with van der Waals surface area (Å²) in [4.78, 5) is 19.5. The number of H-pyrrole nitrogens is 1. The summed E-state index contributed by atoms with van der Waals surface area (Å²) >= 11 is 0. The first-order valence-electron chi connectivity index (χ1n) is 6.77. The number of aromatic amines is 1. The quantitative estimate of drug-likeness (QED) is 0.679. The highest BCUT2D eigenvalue weighted by atomic mass is 35.5. The predicted molar refractivity (Wildman–Crippen MR) is 81.6 cm³/mol. The highest BCUT2D eigenvalue weighted by Crippen LogP contribution is 2.12. The van der Waals surface area contributed by atoms with Crippen LogP contribution in [0, 0.1) is 0 Å². The van der Waals surface area contributed by atoms with Gasteiger partial charge in [-0.15, -0.1) is 22.6 Å². The molecule has 0 saturated heterocycles. The topological polar surface area (TPSA) is 107 Å². The van der Waals surface area contributed by atoms with Crippen LogP contribution in [0.3, 0.4) is 0 Å². The highest BCUT2D eigenvalue weighted by molar-refractivity contribution is 5.85. The standard InChI is InChI=1S/C12H17N7O.ClH/c1-2-3-4-5-18-10-9(14-7-15-10)11(20)19-8(6-13)16-17-12(18)19;/h7H,2-6,13H2,1H3,(H,14,15);1H. The van der Waals surface area contributed by atoms with Crippen molar-refractivity contribution in [1.82, 2.24) is 29.1 Å². The third-order valence-electron chi connectivity index (χ3n) is 3.41. The average Bonchev–Trinajstić information content (AvgIpc) is 3.09. The van der Waals surface area contributed by atoms with Crippen molar-refractivity contribution in [1.29, 1.82) is 0 Å². The van der Waals surface area contributed by atoms with Gasteiger partial charge in [0, 0.05) is 6.54 Å². The van der Waals surface area contributed by atoms with Crippen molar-refractivity contribution in [3.05, 3.63) is 22.5 Å². The molecule has 0 amide bonds. The molecule has 3 aromatic heterocycles. The van der Waals surface area contributed by atoms with E-state index in [9.17, 15) is 4.79 Å². The molecule has 0 radical (unpaired) electrons. The van der Waals surface area contributed by atoms with E-state index in [0.29, 0.717) is 22.8 Å². The van der Waals surface area contributed by atoms with E-state index in [0.717, 1.165) is 25.8 Å². The van der Waals surface area contributed by atoms with Crippen molar-refractivity contribution < 1.29 is 0 Å². The Balaban J connectivity index is 0.00000161. The van der Waals surface area contributed by atoms with Gasteiger partial charge in [-0.3, -0.25) is 9.36 Å². The number of fused-ring (bicyclic) bond motifs is 2. The number of aromatic nitrogens is 6. The molecular formula is C12H18ClN7O. The van der Waals surface area contributed by atoms with Gasteiger partial charge in [0.25, 0.3) is 5.56 Å². The highest BCUT2D eigenvalue weighted by Gasteiger charge is 2.17. The summed E-state index contributed by atoms with van der Waals surface area (Å²) in [6, 6.07) is 0. The number of nitrogens with one attached hydrogen (secondary N) is 1. The normalized spacial score (nSPS) is 11.1. The fraction of sp³-hybridized carbons (Fsp3) is 0.500.